The molecular weight excluding hydrogens is 255 g/mol. The smallest absolute Gasteiger partial charge is 0.123 e. The highest BCUT2D eigenvalue weighted by atomic mass is 19.1. The van der Waals surface area contributed by atoms with E-state index in [0.29, 0.717) is 0 Å². The first kappa shape index (κ1) is 14.7. The predicted octanol–water partition coefficient (Wildman–Crippen LogP) is 1.91. The molecule has 0 aliphatic carbocycles. The summed E-state index contributed by atoms with van der Waals surface area (Å²) < 4.78 is 14.8. The maximum absolute atomic E-state index is 13.1. The van der Waals surface area contributed by atoms with Crippen molar-refractivity contribution < 1.29 is 4.39 Å². The quantitative estimate of drug-likeness (QED) is 0.648. The Morgan fingerprint density at radius 1 is 1.35 bits per heavy atom. The molecule has 2 rings (SSSR count). The normalized spacial score (nSPS) is 13.4. The SMILES string of the molecule is Cn1cc(CC(NN)C(C)(C)c2ccc(F)cc2)cn1. The topological polar surface area (TPSA) is 55.9 Å². The molecule has 1 atom stereocenters. The molecule has 0 aliphatic heterocycles. The summed E-state index contributed by atoms with van der Waals surface area (Å²) in [7, 11) is 1.89. The third-order valence-corrected chi connectivity index (χ3v) is 3.86. The number of aromatic nitrogens is 2. The number of hydrogen-bond donors (Lipinski definition) is 2. The number of aryl methyl sites for hydroxylation is 1. The fourth-order valence-corrected chi connectivity index (χ4v) is 2.42. The van der Waals surface area contributed by atoms with E-state index >= 15 is 0 Å². The maximum atomic E-state index is 13.1. The van der Waals surface area contributed by atoms with E-state index < -0.39 is 0 Å². The summed E-state index contributed by atoms with van der Waals surface area (Å²) in [6.45, 7) is 4.20. The molecule has 1 unspecified atom stereocenters. The number of halogens is 1. The first-order chi connectivity index (χ1) is 9.43. The summed E-state index contributed by atoms with van der Waals surface area (Å²) in [4.78, 5) is 0. The van der Waals surface area contributed by atoms with Crippen LogP contribution in [-0.4, -0.2) is 15.8 Å². The Labute approximate surface area is 118 Å². The molecule has 0 spiro atoms. The van der Waals surface area contributed by atoms with Gasteiger partial charge in [-0.25, -0.2) is 4.39 Å². The highest BCUT2D eigenvalue weighted by molar-refractivity contribution is 5.27. The number of nitrogens with one attached hydrogen (secondary N) is 1. The van der Waals surface area contributed by atoms with Crippen molar-refractivity contribution in [3.63, 3.8) is 0 Å². The first-order valence-electron chi connectivity index (χ1n) is 6.63. The van der Waals surface area contributed by atoms with Crippen LogP contribution in [0.15, 0.2) is 36.7 Å². The Hall–Kier alpha value is -1.72. The molecule has 3 N–H and O–H groups in total. The third-order valence-electron chi connectivity index (χ3n) is 3.86. The molecule has 20 heavy (non-hydrogen) atoms. The van der Waals surface area contributed by atoms with Crippen LogP contribution in [0.5, 0.6) is 0 Å². The number of rotatable bonds is 5. The van der Waals surface area contributed by atoms with E-state index in [2.05, 4.69) is 24.4 Å². The van der Waals surface area contributed by atoms with E-state index in [-0.39, 0.29) is 17.3 Å². The lowest BCUT2D eigenvalue weighted by molar-refractivity contribution is 0.341. The van der Waals surface area contributed by atoms with Gasteiger partial charge in [-0.2, -0.15) is 5.10 Å². The van der Waals surface area contributed by atoms with E-state index in [1.165, 1.54) is 12.1 Å². The molecule has 108 valence electrons. The van der Waals surface area contributed by atoms with Gasteiger partial charge in [0.15, 0.2) is 0 Å². The van der Waals surface area contributed by atoms with Gasteiger partial charge in [-0.3, -0.25) is 16.0 Å². The largest absolute Gasteiger partial charge is 0.276 e. The molecule has 0 bridgehead atoms. The predicted molar refractivity (Wildman–Crippen MR) is 77.4 cm³/mol. The molecule has 0 saturated carbocycles. The second-order valence-corrected chi connectivity index (χ2v) is 5.67. The summed E-state index contributed by atoms with van der Waals surface area (Å²) >= 11 is 0. The van der Waals surface area contributed by atoms with Crippen molar-refractivity contribution in [2.45, 2.75) is 31.7 Å². The maximum Gasteiger partial charge on any atom is 0.123 e. The van der Waals surface area contributed by atoms with Crippen molar-refractivity contribution in [1.82, 2.24) is 15.2 Å². The number of hydrogen-bond acceptors (Lipinski definition) is 3. The first-order valence-corrected chi connectivity index (χ1v) is 6.63. The summed E-state index contributed by atoms with van der Waals surface area (Å²) in [5.41, 5.74) is 4.82. The molecule has 0 saturated heterocycles. The zero-order valence-corrected chi connectivity index (χ0v) is 12.1. The van der Waals surface area contributed by atoms with Crippen LogP contribution in [0.4, 0.5) is 4.39 Å². The second kappa shape index (κ2) is 5.73. The lowest BCUT2D eigenvalue weighted by atomic mass is 9.76. The second-order valence-electron chi connectivity index (χ2n) is 5.67. The molecule has 4 nitrogen and oxygen atoms in total. The number of nitrogens with zero attached hydrogens (tertiary/aromatic N) is 2. The molecular formula is C15H21FN4. The Kier molecular flexibility index (Phi) is 4.20. The monoisotopic (exact) mass is 276 g/mol. The zero-order valence-electron chi connectivity index (χ0n) is 12.1. The van der Waals surface area contributed by atoms with Crippen LogP contribution in [0.2, 0.25) is 0 Å². The fourth-order valence-electron chi connectivity index (χ4n) is 2.42. The summed E-state index contributed by atoms with van der Waals surface area (Å²) in [5, 5.41) is 4.17. The Balaban J connectivity index is 2.22. The number of hydrazine groups is 1. The minimum atomic E-state index is -0.228. The summed E-state index contributed by atoms with van der Waals surface area (Å²) in [6, 6.07) is 6.60. The lowest BCUT2D eigenvalue weighted by Crippen LogP contribution is -2.49. The van der Waals surface area contributed by atoms with Crippen molar-refractivity contribution in [2.24, 2.45) is 12.9 Å². The summed E-state index contributed by atoms with van der Waals surface area (Å²) in [6.07, 6.45) is 4.57. The molecule has 0 amide bonds. The fraction of sp³-hybridized carbons (Fsp3) is 0.400. The van der Waals surface area contributed by atoms with E-state index in [4.69, 9.17) is 5.84 Å². The van der Waals surface area contributed by atoms with Gasteiger partial charge in [0.05, 0.1) is 6.20 Å². The van der Waals surface area contributed by atoms with Gasteiger partial charge in [0, 0.05) is 24.7 Å². The Morgan fingerprint density at radius 2 is 2.00 bits per heavy atom. The zero-order chi connectivity index (χ0) is 14.8. The standard InChI is InChI=1S/C15H21FN4/c1-15(2,12-4-6-13(16)7-5-12)14(19-17)8-11-9-18-20(3)10-11/h4-7,9-10,14,19H,8,17H2,1-3H3. The Morgan fingerprint density at radius 3 is 2.50 bits per heavy atom. The molecule has 2 aromatic rings. The number of nitrogens with two attached hydrogens (primary N) is 1. The minimum absolute atomic E-state index is 0.0251. The number of benzene rings is 1. The van der Waals surface area contributed by atoms with Crippen LogP contribution in [0.25, 0.3) is 0 Å². The van der Waals surface area contributed by atoms with E-state index in [0.717, 1.165) is 17.5 Å². The summed E-state index contributed by atoms with van der Waals surface area (Å²) in [5.74, 6) is 5.50. The van der Waals surface area contributed by atoms with Crippen LogP contribution >= 0.6 is 0 Å². The molecule has 1 aromatic heterocycles. The van der Waals surface area contributed by atoms with Gasteiger partial charge >= 0.3 is 0 Å². The highest BCUT2D eigenvalue weighted by Crippen LogP contribution is 2.29. The van der Waals surface area contributed by atoms with E-state index in [9.17, 15) is 4.39 Å². The van der Waals surface area contributed by atoms with Crippen molar-refractivity contribution in [1.29, 1.82) is 0 Å². The van der Waals surface area contributed by atoms with Crippen LogP contribution < -0.4 is 11.3 Å². The van der Waals surface area contributed by atoms with Crippen LogP contribution in [0.3, 0.4) is 0 Å². The molecule has 5 heteroatoms. The molecule has 0 radical (unpaired) electrons. The van der Waals surface area contributed by atoms with Gasteiger partial charge < -0.3 is 0 Å². The van der Waals surface area contributed by atoms with Gasteiger partial charge in [-0.15, -0.1) is 0 Å². The van der Waals surface area contributed by atoms with Crippen LogP contribution in [-0.2, 0) is 18.9 Å². The van der Waals surface area contributed by atoms with Crippen LogP contribution in [0.1, 0.15) is 25.0 Å². The highest BCUT2D eigenvalue weighted by Gasteiger charge is 2.31. The van der Waals surface area contributed by atoms with Gasteiger partial charge in [0.1, 0.15) is 5.82 Å². The van der Waals surface area contributed by atoms with Gasteiger partial charge in [0.2, 0.25) is 0 Å². The van der Waals surface area contributed by atoms with Crippen molar-refractivity contribution in [3.05, 3.63) is 53.6 Å². The van der Waals surface area contributed by atoms with E-state index in [1.54, 1.807) is 4.68 Å². The van der Waals surface area contributed by atoms with Gasteiger partial charge in [-0.1, -0.05) is 26.0 Å². The van der Waals surface area contributed by atoms with Crippen LogP contribution in [0, 0.1) is 5.82 Å². The van der Waals surface area contributed by atoms with Crippen molar-refractivity contribution in [3.8, 4) is 0 Å². The Bertz CT molecular complexity index is 560. The van der Waals surface area contributed by atoms with Crippen molar-refractivity contribution in [2.75, 3.05) is 0 Å². The minimum Gasteiger partial charge on any atom is -0.276 e. The lowest BCUT2D eigenvalue weighted by Gasteiger charge is -2.34. The van der Waals surface area contributed by atoms with Gasteiger partial charge in [0.25, 0.3) is 0 Å². The third kappa shape index (κ3) is 3.05. The molecule has 1 aromatic carbocycles. The molecule has 1 heterocycles. The molecule has 0 aliphatic rings. The molecule has 0 fully saturated rings. The van der Waals surface area contributed by atoms with E-state index in [1.807, 2.05) is 31.6 Å². The van der Waals surface area contributed by atoms with Crippen molar-refractivity contribution >= 4 is 0 Å². The van der Waals surface area contributed by atoms with Gasteiger partial charge in [-0.05, 0) is 29.7 Å². The average Bonchev–Trinajstić information content (AvgIpc) is 2.82. The average molecular weight is 276 g/mol.